The molecule has 0 spiro atoms. The Morgan fingerprint density at radius 1 is 1.26 bits per heavy atom. The van der Waals surface area contributed by atoms with Crippen molar-refractivity contribution in [1.29, 1.82) is 0 Å². The molecule has 0 aliphatic heterocycles. The fourth-order valence-electron chi connectivity index (χ4n) is 2.47. The maximum atomic E-state index is 12.4. The van der Waals surface area contributed by atoms with Gasteiger partial charge in [0.2, 0.25) is 0 Å². The lowest BCUT2D eigenvalue weighted by Gasteiger charge is -2.23. The van der Waals surface area contributed by atoms with Gasteiger partial charge in [-0.3, -0.25) is 4.79 Å². The van der Waals surface area contributed by atoms with E-state index in [0.717, 1.165) is 12.1 Å². The lowest BCUT2D eigenvalue weighted by atomic mass is 9.90. The molecule has 1 aromatic carbocycles. The fraction of sp³-hybridized carbons (Fsp3) is 0.462. The van der Waals surface area contributed by atoms with Crippen LogP contribution in [-0.4, -0.2) is 16.2 Å². The Balaban J connectivity index is 2.21. The first-order valence-electron chi connectivity index (χ1n) is 5.85. The molecule has 2 rings (SSSR count). The molecule has 0 saturated heterocycles. The topological polar surface area (TPSA) is 57.5 Å². The van der Waals surface area contributed by atoms with Crippen molar-refractivity contribution >= 4 is 5.97 Å². The first kappa shape index (κ1) is 13.9. The largest absolute Gasteiger partial charge is 0.481 e. The number of benzene rings is 1. The third-order valence-electron chi connectivity index (χ3n) is 3.59. The maximum absolute atomic E-state index is 12.4. The fourth-order valence-corrected chi connectivity index (χ4v) is 2.47. The summed E-state index contributed by atoms with van der Waals surface area (Å²) in [6, 6.07) is 4.24. The van der Waals surface area contributed by atoms with E-state index in [9.17, 15) is 23.1 Å². The Labute approximate surface area is 107 Å². The Kier molecular flexibility index (Phi) is 3.30. The minimum Gasteiger partial charge on any atom is -0.481 e. The average molecular weight is 274 g/mol. The number of halogens is 3. The van der Waals surface area contributed by atoms with Crippen LogP contribution >= 0.6 is 0 Å². The van der Waals surface area contributed by atoms with Gasteiger partial charge in [0.15, 0.2) is 0 Å². The second kappa shape index (κ2) is 4.52. The highest BCUT2D eigenvalue weighted by molar-refractivity contribution is 5.70. The van der Waals surface area contributed by atoms with Crippen molar-refractivity contribution in [3.8, 4) is 0 Å². The maximum Gasteiger partial charge on any atom is 0.416 e. The Morgan fingerprint density at radius 2 is 1.84 bits per heavy atom. The normalized spacial score (nSPS) is 27.5. The Morgan fingerprint density at radius 3 is 2.26 bits per heavy atom. The number of aliphatic hydroxyl groups is 1. The zero-order valence-electron chi connectivity index (χ0n) is 9.94. The summed E-state index contributed by atoms with van der Waals surface area (Å²) in [5.74, 6) is -1.63. The number of rotatable bonds is 2. The van der Waals surface area contributed by atoms with Crippen molar-refractivity contribution in [2.75, 3.05) is 0 Å². The third kappa shape index (κ3) is 2.73. The summed E-state index contributed by atoms with van der Waals surface area (Å²) < 4.78 is 37.3. The lowest BCUT2D eigenvalue weighted by molar-refractivity contribution is -0.142. The van der Waals surface area contributed by atoms with Crippen LogP contribution in [0.4, 0.5) is 13.2 Å². The molecule has 0 amide bonds. The molecule has 2 atom stereocenters. The summed E-state index contributed by atoms with van der Waals surface area (Å²) in [4.78, 5) is 10.8. The smallest absolute Gasteiger partial charge is 0.416 e. The minimum absolute atomic E-state index is 0.0354. The number of hydrogen-bond donors (Lipinski definition) is 2. The standard InChI is InChI=1S/C13H13F3O3/c14-13(15,16)10-3-1-9(2-4-10)12(19)6-5-8(7-12)11(17)18/h1-4,8,19H,5-7H2,(H,17,18)/t8-,12+/m0/s1. The van der Waals surface area contributed by atoms with Gasteiger partial charge in [-0.1, -0.05) is 12.1 Å². The third-order valence-corrected chi connectivity index (χ3v) is 3.59. The molecule has 1 saturated carbocycles. The number of hydrogen-bond acceptors (Lipinski definition) is 2. The van der Waals surface area contributed by atoms with Crippen LogP contribution in [0.1, 0.15) is 30.4 Å². The second-order valence-electron chi connectivity index (χ2n) is 4.88. The molecule has 1 aliphatic rings. The average Bonchev–Trinajstić information content (AvgIpc) is 2.73. The van der Waals surface area contributed by atoms with E-state index in [1.807, 2.05) is 0 Å². The van der Waals surface area contributed by atoms with E-state index < -0.39 is 29.2 Å². The molecule has 6 heteroatoms. The summed E-state index contributed by atoms with van der Waals surface area (Å²) in [6.07, 6.45) is -3.81. The molecule has 1 fully saturated rings. The van der Waals surface area contributed by atoms with Crippen LogP contribution in [0, 0.1) is 5.92 Å². The van der Waals surface area contributed by atoms with Crippen molar-refractivity contribution < 1.29 is 28.2 Å². The number of carbonyl (C=O) groups is 1. The van der Waals surface area contributed by atoms with Gasteiger partial charge in [0.05, 0.1) is 17.1 Å². The quantitative estimate of drug-likeness (QED) is 0.871. The minimum atomic E-state index is -4.42. The number of aliphatic carboxylic acids is 1. The van der Waals surface area contributed by atoms with Gasteiger partial charge < -0.3 is 10.2 Å². The van der Waals surface area contributed by atoms with Crippen LogP contribution in [-0.2, 0) is 16.6 Å². The van der Waals surface area contributed by atoms with E-state index in [-0.39, 0.29) is 12.8 Å². The zero-order chi connectivity index (χ0) is 14.3. The van der Waals surface area contributed by atoms with Gasteiger partial charge >= 0.3 is 12.1 Å². The zero-order valence-corrected chi connectivity index (χ0v) is 9.94. The molecule has 0 bridgehead atoms. The Hall–Kier alpha value is -1.56. The van der Waals surface area contributed by atoms with Crippen molar-refractivity contribution in [1.82, 2.24) is 0 Å². The van der Waals surface area contributed by atoms with E-state index >= 15 is 0 Å². The number of carboxylic acids is 1. The van der Waals surface area contributed by atoms with E-state index in [1.54, 1.807) is 0 Å². The van der Waals surface area contributed by atoms with Crippen molar-refractivity contribution in [3.05, 3.63) is 35.4 Å². The molecule has 104 valence electrons. The van der Waals surface area contributed by atoms with Gasteiger partial charge in [-0.05, 0) is 37.0 Å². The number of carboxylic acid groups (broad SMARTS) is 1. The molecular formula is C13H13F3O3. The van der Waals surface area contributed by atoms with Gasteiger partial charge in [0.1, 0.15) is 0 Å². The first-order chi connectivity index (χ1) is 8.72. The van der Waals surface area contributed by atoms with Crippen LogP contribution in [0.5, 0.6) is 0 Å². The van der Waals surface area contributed by atoms with Gasteiger partial charge in [-0.25, -0.2) is 0 Å². The van der Waals surface area contributed by atoms with E-state index in [0.29, 0.717) is 12.0 Å². The molecule has 0 aromatic heterocycles. The highest BCUT2D eigenvalue weighted by Crippen LogP contribution is 2.42. The van der Waals surface area contributed by atoms with Crippen LogP contribution < -0.4 is 0 Å². The lowest BCUT2D eigenvalue weighted by Crippen LogP contribution is -2.23. The van der Waals surface area contributed by atoms with Gasteiger partial charge in [0, 0.05) is 0 Å². The molecule has 1 aliphatic carbocycles. The summed E-state index contributed by atoms with van der Waals surface area (Å²) in [6.45, 7) is 0. The first-order valence-corrected chi connectivity index (χ1v) is 5.85. The van der Waals surface area contributed by atoms with Crippen LogP contribution in [0.15, 0.2) is 24.3 Å². The van der Waals surface area contributed by atoms with Gasteiger partial charge in [0.25, 0.3) is 0 Å². The highest BCUT2D eigenvalue weighted by Gasteiger charge is 2.42. The summed E-state index contributed by atoms with van der Waals surface area (Å²) in [7, 11) is 0. The highest BCUT2D eigenvalue weighted by atomic mass is 19.4. The number of alkyl halides is 3. The predicted octanol–water partition coefficient (Wildman–Crippen LogP) is 2.78. The van der Waals surface area contributed by atoms with Crippen molar-refractivity contribution in [3.63, 3.8) is 0 Å². The molecule has 19 heavy (non-hydrogen) atoms. The van der Waals surface area contributed by atoms with Crippen LogP contribution in [0.2, 0.25) is 0 Å². The Bertz CT molecular complexity index is 481. The molecule has 1 aromatic rings. The molecule has 3 nitrogen and oxygen atoms in total. The van der Waals surface area contributed by atoms with E-state index in [1.165, 1.54) is 12.1 Å². The van der Waals surface area contributed by atoms with E-state index in [2.05, 4.69) is 0 Å². The molecule has 0 radical (unpaired) electrons. The molecule has 0 heterocycles. The van der Waals surface area contributed by atoms with E-state index in [4.69, 9.17) is 5.11 Å². The SMILES string of the molecule is O=C(O)[C@H]1CC[C@](O)(c2ccc(C(F)(F)F)cc2)C1. The van der Waals surface area contributed by atoms with Gasteiger partial charge in [-0.15, -0.1) is 0 Å². The predicted molar refractivity (Wildman–Crippen MR) is 60.3 cm³/mol. The summed E-state index contributed by atoms with van der Waals surface area (Å²) >= 11 is 0. The summed E-state index contributed by atoms with van der Waals surface area (Å²) in [5.41, 5.74) is -1.79. The monoisotopic (exact) mass is 274 g/mol. The van der Waals surface area contributed by atoms with Gasteiger partial charge in [-0.2, -0.15) is 13.2 Å². The second-order valence-corrected chi connectivity index (χ2v) is 4.88. The van der Waals surface area contributed by atoms with Crippen LogP contribution in [0.25, 0.3) is 0 Å². The molecule has 2 N–H and O–H groups in total. The van der Waals surface area contributed by atoms with Crippen molar-refractivity contribution in [2.45, 2.75) is 31.0 Å². The van der Waals surface area contributed by atoms with Crippen LogP contribution in [0.3, 0.4) is 0 Å². The molecule has 0 unspecified atom stereocenters. The molecular weight excluding hydrogens is 261 g/mol. The van der Waals surface area contributed by atoms with Crippen molar-refractivity contribution in [2.24, 2.45) is 5.92 Å². The summed E-state index contributed by atoms with van der Waals surface area (Å²) in [5, 5.41) is 19.2.